The minimum absolute atomic E-state index is 0.0325. The maximum atomic E-state index is 12.5. The van der Waals surface area contributed by atoms with Crippen LogP contribution in [0.4, 0.5) is 13.2 Å². The van der Waals surface area contributed by atoms with Crippen LogP contribution in [0.2, 0.25) is 0 Å². The van der Waals surface area contributed by atoms with Gasteiger partial charge >= 0.3 is 12.1 Å². The van der Waals surface area contributed by atoms with Crippen molar-refractivity contribution in [2.45, 2.75) is 19.0 Å². The second-order valence-corrected chi connectivity index (χ2v) is 6.01. The highest BCUT2D eigenvalue weighted by Gasteiger charge is 2.31. The lowest BCUT2D eigenvalue weighted by Crippen LogP contribution is -2.40. The van der Waals surface area contributed by atoms with Crippen molar-refractivity contribution in [1.82, 2.24) is 5.32 Å². The third kappa shape index (κ3) is 5.91. The van der Waals surface area contributed by atoms with Gasteiger partial charge in [0, 0.05) is 19.8 Å². The Kier molecular flexibility index (Phi) is 6.84. The highest BCUT2D eigenvalue weighted by molar-refractivity contribution is 5.78. The molecule has 0 saturated carbocycles. The van der Waals surface area contributed by atoms with Gasteiger partial charge in [-0.05, 0) is 43.0 Å². The number of rotatable bonds is 7. The summed E-state index contributed by atoms with van der Waals surface area (Å²) in [6, 6.07) is 3.97. The first-order chi connectivity index (χ1) is 12.3. The molecule has 1 aliphatic rings. The van der Waals surface area contributed by atoms with Gasteiger partial charge in [0.25, 0.3) is 5.91 Å². The van der Waals surface area contributed by atoms with E-state index in [1.54, 1.807) is 0 Å². The molecule has 6 nitrogen and oxygen atoms in total. The van der Waals surface area contributed by atoms with Gasteiger partial charge in [-0.25, -0.2) is 0 Å². The third-order valence-corrected chi connectivity index (χ3v) is 4.22. The minimum Gasteiger partial charge on any atom is -0.484 e. The molecule has 0 aliphatic carbocycles. The molecule has 9 heteroatoms. The van der Waals surface area contributed by atoms with Crippen LogP contribution in [0.15, 0.2) is 24.3 Å². The fourth-order valence-electron chi connectivity index (χ4n) is 2.74. The molecule has 1 unspecified atom stereocenters. The monoisotopic (exact) mass is 375 g/mol. The number of carboxylic acids is 1. The first-order valence-electron chi connectivity index (χ1n) is 8.14. The number of aliphatic carboxylic acids is 1. The van der Waals surface area contributed by atoms with E-state index in [0.717, 1.165) is 24.3 Å². The van der Waals surface area contributed by atoms with Crippen molar-refractivity contribution in [3.05, 3.63) is 29.8 Å². The summed E-state index contributed by atoms with van der Waals surface area (Å²) in [5.74, 6) is -2.19. The molecule has 0 bridgehead atoms. The van der Waals surface area contributed by atoms with Crippen LogP contribution in [0, 0.1) is 11.8 Å². The summed E-state index contributed by atoms with van der Waals surface area (Å²) in [4.78, 5) is 23.2. The molecular weight excluding hydrogens is 355 g/mol. The summed E-state index contributed by atoms with van der Waals surface area (Å²) in [6.45, 7) is 0.555. The molecule has 0 spiro atoms. The number of alkyl halides is 3. The summed E-state index contributed by atoms with van der Waals surface area (Å²) in [7, 11) is 0. The smallest absolute Gasteiger partial charge is 0.416 e. The maximum absolute atomic E-state index is 12.5. The van der Waals surface area contributed by atoms with Crippen molar-refractivity contribution in [1.29, 1.82) is 0 Å². The van der Waals surface area contributed by atoms with Crippen molar-refractivity contribution in [2.75, 3.05) is 26.4 Å². The molecule has 144 valence electrons. The van der Waals surface area contributed by atoms with Crippen LogP contribution >= 0.6 is 0 Å². The predicted octanol–water partition coefficient (Wildman–Crippen LogP) is 2.33. The molecule has 0 radical (unpaired) electrons. The number of amides is 1. The van der Waals surface area contributed by atoms with Gasteiger partial charge in [0.1, 0.15) is 5.75 Å². The fraction of sp³-hybridized carbons (Fsp3) is 0.529. The molecule has 1 amide bonds. The highest BCUT2D eigenvalue weighted by Crippen LogP contribution is 2.30. The molecule has 1 aromatic rings. The molecule has 0 aromatic heterocycles. The zero-order valence-electron chi connectivity index (χ0n) is 13.9. The van der Waals surface area contributed by atoms with E-state index < -0.39 is 36.1 Å². The average molecular weight is 375 g/mol. The average Bonchev–Trinajstić information content (AvgIpc) is 2.60. The molecule has 1 heterocycles. The Bertz CT molecular complexity index is 612. The predicted molar refractivity (Wildman–Crippen MR) is 84.6 cm³/mol. The van der Waals surface area contributed by atoms with Crippen molar-refractivity contribution >= 4 is 11.9 Å². The van der Waals surface area contributed by atoms with Crippen LogP contribution in [0.5, 0.6) is 5.75 Å². The van der Waals surface area contributed by atoms with E-state index in [9.17, 15) is 27.9 Å². The number of hydrogen-bond donors (Lipinski definition) is 2. The van der Waals surface area contributed by atoms with E-state index in [1.807, 2.05) is 0 Å². The first-order valence-corrected chi connectivity index (χ1v) is 8.14. The van der Waals surface area contributed by atoms with Gasteiger partial charge in [-0.1, -0.05) is 0 Å². The molecule has 26 heavy (non-hydrogen) atoms. The largest absolute Gasteiger partial charge is 0.484 e. The molecule has 1 aromatic carbocycles. The van der Waals surface area contributed by atoms with Crippen molar-refractivity contribution in [2.24, 2.45) is 11.8 Å². The number of hydrogen-bond acceptors (Lipinski definition) is 4. The number of benzene rings is 1. The van der Waals surface area contributed by atoms with Gasteiger partial charge < -0.3 is 19.9 Å². The summed E-state index contributed by atoms with van der Waals surface area (Å²) >= 11 is 0. The Balaban J connectivity index is 1.79. The van der Waals surface area contributed by atoms with Crippen molar-refractivity contribution < 1.29 is 37.3 Å². The molecule has 1 aliphatic heterocycles. The topological polar surface area (TPSA) is 84.9 Å². The van der Waals surface area contributed by atoms with E-state index in [0.29, 0.717) is 26.1 Å². The maximum Gasteiger partial charge on any atom is 0.416 e. The molecule has 1 fully saturated rings. The SMILES string of the molecule is O=C(COc1ccc(C(F)(F)F)cc1)NCC(C(=O)O)C1CCOCC1. The van der Waals surface area contributed by atoms with E-state index in [-0.39, 0.29) is 18.2 Å². The number of carbonyl (C=O) groups excluding carboxylic acids is 1. The lowest BCUT2D eigenvalue weighted by atomic mass is 9.86. The van der Waals surface area contributed by atoms with Crippen LogP contribution in [0.3, 0.4) is 0 Å². The molecule has 1 saturated heterocycles. The fourth-order valence-corrected chi connectivity index (χ4v) is 2.74. The number of carbonyl (C=O) groups is 2. The first kappa shape index (κ1) is 20.0. The zero-order chi connectivity index (χ0) is 19.2. The lowest BCUT2D eigenvalue weighted by Gasteiger charge is -2.27. The van der Waals surface area contributed by atoms with Gasteiger partial charge in [-0.2, -0.15) is 13.2 Å². The van der Waals surface area contributed by atoms with E-state index in [1.165, 1.54) is 0 Å². The third-order valence-electron chi connectivity index (χ3n) is 4.22. The second-order valence-electron chi connectivity index (χ2n) is 6.01. The van der Waals surface area contributed by atoms with Gasteiger partial charge in [-0.15, -0.1) is 0 Å². The van der Waals surface area contributed by atoms with Crippen LogP contribution in [-0.4, -0.2) is 43.3 Å². The Morgan fingerprint density at radius 3 is 2.38 bits per heavy atom. The molecule has 2 rings (SSSR count). The summed E-state index contributed by atoms with van der Waals surface area (Å²) in [5.41, 5.74) is -0.810. The van der Waals surface area contributed by atoms with Crippen LogP contribution in [-0.2, 0) is 20.5 Å². The quantitative estimate of drug-likeness (QED) is 0.764. The van der Waals surface area contributed by atoms with Gasteiger partial charge in [0.2, 0.25) is 0 Å². The Labute approximate surface area is 148 Å². The van der Waals surface area contributed by atoms with Crippen LogP contribution in [0.1, 0.15) is 18.4 Å². The Morgan fingerprint density at radius 2 is 1.85 bits per heavy atom. The molecule has 1 atom stereocenters. The van der Waals surface area contributed by atoms with Gasteiger partial charge in [-0.3, -0.25) is 9.59 Å². The Morgan fingerprint density at radius 1 is 1.23 bits per heavy atom. The van der Waals surface area contributed by atoms with Gasteiger partial charge in [0.05, 0.1) is 11.5 Å². The summed E-state index contributed by atoms with van der Waals surface area (Å²) in [6.07, 6.45) is -3.20. The van der Waals surface area contributed by atoms with Crippen molar-refractivity contribution in [3.8, 4) is 5.75 Å². The number of halogens is 3. The van der Waals surface area contributed by atoms with Crippen LogP contribution < -0.4 is 10.1 Å². The normalized spacial score (nSPS) is 16.7. The van der Waals surface area contributed by atoms with E-state index in [4.69, 9.17) is 9.47 Å². The zero-order valence-corrected chi connectivity index (χ0v) is 13.9. The highest BCUT2D eigenvalue weighted by atomic mass is 19.4. The minimum atomic E-state index is -4.44. The summed E-state index contributed by atoms with van der Waals surface area (Å²) < 4.78 is 47.7. The lowest BCUT2D eigenvalue weighted by molar-refractivity contribution is -0.145. The van der Waals surface area contributed by atoms with Crippen molar-refractivity contribution in [3.63, 3.8) is 0 Å². The number of carboxylic acid groups (broad SMARTS) is 1. The second kappa shape index (κ2) is 8.88. The van der Waals surface area contributed by atoms with E-state index in [2.05, 4.69) is 5.32 Å². The number of nitrogens with one attached hydrogen (secondary N) is 1. The Hall–Kier alpha value is -2.29. The summed E-state index contributed by atoms with van der Waals surface area (Å²) in [5, 5.41) is 11.8. The standard InChI is InChI=1S/C17H20F3NO5/c18-17(19,20)12-1-3-13(4-2-12)26-10-15(22)21-9-14(16(23)24)11-5-7-25-8-6-11/h1-4,11,14H,5-10H2,(H,21,22)(H,23,24). The molecular formula is C17H20F3NO5. The molecule has 2 N–H and O–H groups in total. The number of ether oxygens (including phenoxy) is 2. The van der Waals surface area contributed by atoms with Gasteiger partial charge in [0.15, 0.2) is 6.61 Å². The van der Waals surface area contributed by atoms with E-state index >= 15 is 0 Å². The van der Waals surface area contributed by atoms with Crippen LogP contribution in [0.25, 0.3) is 0 Å².